The minimum atomic E-state index is -4.20. The average molecular weight is 221 g/mol. The lowest BCUT2D eigenvalue weighted by atomic mass is 10.1. The summed E-state index contributed by atoms with van der Waals surface area (Å²) in [5.74, 6) is -1.43. The third-order valence-electron chi connectivity index (χ3n) is 2.57. The van der Waals surface area contributed by atoms with Crippen LogP contribution in [0.5, 0.6) is 0 Å². The molecule has 0 saturated heterocycles. The van der Waals surface area contributed by atoms with Gasteiger partial charge < -0.3 is 0 Å². The molecule has 0 spiro atoms. The summed E-state index contributed by atoms with van der Waals surface area (Å²) in [6.45, 7) is 0. The van der Waals surface area contributed by atoms with Gasteiger partial charge in [-0.25, -0.2) is 0 Å². The second-order valence-corrected chi connectivity index (χ2v) is 3.92. The third-order valence-corrected chi connectivity index (χ3v) is 3.10. The Bertz CT molecular complexity index is 345. The normalized spacial score (nSPS) is 26.3. The molecule has 0 nitrogen and oxygen atoms in total. The van der Waals surface area contributed by atoms with Gasteiger partial charge in [0, 0.05) is 0 Å². The maximum atomic E-state index is 12.5. The van der Waals surface area contributed by atoms with Gasteiger partial charge in [0.2, 0.25) is 0 Å². The topological polar surface area (TPSA) is 0 Å². The van der Waals surface area contributed by atoms with Crippen LogP contribution in [0.4, 0.5) is 13.2 Å². The monoisotopic (exact) mass is 220 g/mol. The Morgan fingerprint density at radius 2 is 1.86 bits per heavy atom. The van der Waals surface area contributed by atoms with Crippen LogP contribution < -0.4 is 0 Å². The average Bonchev–Trinajstić information content (AvgIpc) is 2.44. The fourth-order valence-corrected chi connectivity index (χ4v) is 2.27. The molecule has 0 amide bonds. The Hall–Kier alpha value is -0.700. The number of hydrogen-bond donors (Lipinski definition) is 0. The van der Waals surface area contributed by atoms with Gasteiger partial charge in [0.15, 0.2) is 0 Å². The molecule has 0 aliphatic heterocycles. The van der Waals surface area contributed by atoms with Crippen molar-refractivity contribution in [2.45, 2.75) is 18.0 Å². The second kappa shape index (κ2) is 3.16. The molecular weight excluding hydrogens is 213 g/mol. The van der Waals surface area contributed by atoms with Crippen molar-refractivity contribution in [3.05, 3.63) is 35.4 Å². The van der Waals surface area contributed by atoms with E-state index >= 15 is 0 Å². The molecule has 0 radical (unpaired) electrons. The molecule has 0 aromatic heterocycles. The lowest BCUT2D eigenvalue weighted by molar-refractivity contribution is -0.172. The van der Waals surface area contributed by atoms with Crippen LogP contribution in [-0.4, -0.2) is 6.18 Å². The van der Waals surface area contributed by atoms with E-state index in [0.29, 0.717) is 5.56 Å². The van der Waals surface area contributed by atoms with E-state index in [4.69, 9.17) is 11.6 Å². The largest absolute Gasteiger partial charge is 0.393 e. The third kappa shape index (κ3) is 1.50. The highest BCUT2D eigenvalue weighted by atomic mass is 35.5. The Balaban J connectivity index is 2.35. The smallest absolute Gasteiger partial charge is 0.171 e. The van der Waals surface area contributed by atoms with Crippen LogP contribution in [0.25, 0.3) is 0 Å². The zero-order valence-electron chi connectivity index (χ0n) is 7.18. The van der Waals surface area contributed by atoms with Crippen molar-refractivity contribution in [1.29, 1.82) is 0 Å². The highest BCUT2D eigenvalue weighted by molar-refractivity contribution is 6.21. The van der Waals surface area contributed by atoms with Crippen LogP contribution in [0.1, 0.15) is 16.5 Å². The first kappa shape index (κ1) is 9.84. The molecule has 4 heteroatoms. The first-order chi connectivity index (χ1) is 6.50. The number of rotatable bonds is 0. The van der Waals surface area contributed by atoms with Crippen molar-refractivity contribution in [2.24, 2.45) is 5.92 Å². The molecule has 0 N–H and O–H groups in total. The zero-order chi connectivity index (χ0) is 10.3. The lowest BCUT2D eigenvalue weighted by Crippen LogP contribution is -2.24. The minimum Gasteiger partial charge on any atom is -0.171 e. The number of benzene rings is 1. The van der Waals surface area contributed by atoms with Gasteiger partial charge in [-0.15, -0.1) is 11.6 Å². The molecule has 1 aromatic rings. The minimum absolute atomic E-state index is 0.00778. The van der Waals surface area contributed by atoms with Gasteiger partial charge in [-0.2, -0.15) is 13.2 Å². The standard InChI is InChI=1S/C10H8ClF3/c11-9-7-4-2-1-3-6(7)5-8(9)10(12,13)14/h1-4,8-9H,5H2. The van der Waals surface area contributed by atoms with Gasteiger partial charge >= 0.3 is 6.18 Å². The molecule has 0 bridgehead atoms. The Labute approximate surface area is 84.7 Å². The van der Waals surface area contributed by atoms with Crippen LogP contribution >= 0.6 is 11.6 Å². The van der Waals surface area contributed by atoms with E-state index in [1.54, 1.807) is 24.3 Å². The quantitative estimate of drug-likeness (QED) is 0.585. The molecule has 2 atom stereocenters. The summed E-state index contributed by atoms with van der Waals surface area (Å²) < 4.78 is 37.5. The van der Waals surface area contributed by atoms with Crippen LogP contribution in [0.15, 0.2) is 24.3 Å². The van der Waals surface area contributed by atoms with Gasteiger partial charge in [-0.1, -0.05) is 24.3 Å². The SMILES string of the molecule is FC(F)(F)C1Cc2ccccc2C1Cl. The number of hydrogen-bond acceptors (Lipinski definition) is 0. The number of halogens is 4. The number of fused-ring (bicyclic) bond motifs is 1. The van der Waals surface area contributed by atoms with Crippen molar-refractivity contribution < 1.29 is 13.2 Å². The lowest BCUT2D eigenvalue weighted by Gasteiger charge is -2.17. The van der Waals surface area contributed by atoms with E-state index in [2.05, 4.69) is 0 Å². The zero-order valence-corrected chi connectivity index (χ0v) is 7.94. The molecule has 1 aliphatic carbocycles. The molecule has 14 heavy (non-hydrogen) atoms. The first-order valence-electron chi connectivity index (χ1n) is 4.29. The molecule has 0 saturated carbocycles. The van der Waals surface area contributed by atoms with E-state index in [9.17, 15) is 13.2 Å². The summed E-state index contributed by atoms with van der Waals surface area (Å²) in [5, 5.41) is -0.925. The van der Waals surface area contributed by atoms with Gasteiger partial charge in [0.05, 0.1) is 11.3 Å². The van der Waals surface area contributed by atoms with Crippen LogP contribution in [0.2, 0.25) is 0 Å². The molecule has 1 aromatic carbocycles. The van der Waals surface area contributed by atoms with Crippen molar-refractivity contribution >= 4 is 11.6 Å². The van der Waals surface area contributed by atoms with Crippen LogP contribution in [0, 0.1) is 5.92 Å². The van der Waals surface area contributed by atoms with Crippen molar-refractivity contribution in [3.8, 4) is 0 Å². The van der Waals surface area contributed by atoms with Crippen molar-refractivity contribution in [2.75, 3.05) is 0 Å². The molecule has 76 valence electrons. The van der Waals surface area contributed by atoms with E-state index < -0.39 is 17.5 Å². The molecule has 1 aliphatic rings. The molecule has 2 rings (SSSR count). The fraction of sp³-hybridized carbons (Fsp3) is 0.400. The Morgan fingerprint density at radius 3 is 2.43 bits per heavy atom. The first-order valence-corrected chi connectivity index (χ1v) is 4.72. The summed E-state index contributed by atoms with van der Waals surface area (Å²) in [6, 6.07) is 6.82. The Morgan fingerprint density at radius 1 is 1.21 bits per heavy atom. The summed E-state index contributed by atoms with van der Waals surface area (Å²) >= 11 is 5.77. The molecule has 0 fully saturated rings. The Kier molecular flexibility index (Phi) is 2.22. The van der Waals surface area contributed by atoms with E-state index in [-0.39, 0.29) is 6.42 Å². The molecular formula is C10H8ClF3. The van der Waals surface area contributed by atoms with Gasteiger partial charge in [0.1, 0.15) is 0 Å². The van der Waals surface area contributed by atoms with Crippen molar-refractivity contribution in [3.63, 3.8) is 0 Å². The molecule has 2 unspecified atom stereocenters. The number of alkyl halides is 4. The maximum absolute atomic E-state index is 12.5. The summed E-state index contributed by atoms with van der Waals surface area (Å²) in [6.07, 6.45) is -4.20. The van der Waals surface area contributed by atoms with Crippen LogP contribution in [-0.2, 0) is 6.42 Å². The summed E-state index contributed by atoms with van der Waals surface area (Å²) in [5.41, 5.74) is 1.34. The fourth-order valence-electron chi connectivity index (χ4n) is 1.83. The summed E-state index contributed by atoms with van der Waals surface area (Å²) in [4.78, 5) is 0. The van der Waals surface area contributed by atoms with Gasteiger partial charge in [-0.3, -0.25) is 0 Å². The van der Waals surface area contributed by atoms with Crippen LogP contribution in [0.3, 0.4) is 0 Å². The highest BCUT2D eigenvalue weighted by Crippen LogP contribution is 2.48. The highest BCUT2D eigenvalue weighted by Gasteiger charge is 2.48. The molecule has 0 heterocycles. The predicted molar refractivity (Wildman–Crippen MR) is 48.3 cm³/mol. The van der Waals surface area contributed by atoms with E-state index in [0.717, 1.165) is 5.56 Å². The maximum Gasteiger partial charge on any atom is 0.393 e. The van der Waals surface area contributed by atoms with Gasteiger partial charge in [-0.05, 0) is 17.5 Å². The van der Waals surface area contributed by atoms with Gasteiger partial charge in [0.25, 0.3) is 0 Å². The van der Waals surface area contributed by atoms with E-state index in [1.807, 2.05) is 0 Å². The summed E-state index contributed by atoms with van der Waals surface area (Å²) in [7, 11) is 0. The van der Waals surface area contributed by atoms with Crippen molar-refractivity contribution in [1.82, 2.24) is 0 Å². The van der Waals surface area contributed by atoms with E-state index in [1.165, 1.54) is 0 Å². The predicted octanol–water partition coefficient (Wildman–Crippen LogP) is 3.70. The second-order valence-electron chi connectivity index (χ2n) is 3.45.